The highest BCUT2D eigenvalue weighted by Gasteiger charge is 2.24. The number of nitrogens with zero attached hydrogens (tertiary/aromatic N) is 3. The monoisotopic (exact) mass is 329 g/mol. The molecule has 1 aliphatic rings. The second-order valence-corrected chi connectivity index (χ2v) is 6.29. The van der Waals surface area contributed by atoms with Crippen molar-refractivity contribution < 1.29 is 9.59 Å². The van der Waals surface area contributed by atoms with Crippen molar-refractivity contribution in [2.24, 2.45) is 11.7 Å². The largest absolute Gasteiger partial charge is 0.370 e. The number of nitrogens with two attached hydrogens (primary N) is 1. The summed E-state index contributed by atoms with van der Waals surface area (Å²) in [5.41, 5.74) is 7.02. The third-order valence-electron chi connectivity index (χ3n) is 4.49. The fourth-order valence-electron chi connectivity index (χ4n) is 3.30. The number of fused-ring (bicyclic) bond motifs is 1. The van der Waals surface area contributed by atoms with E-state index in [-0.39, 0.29) is 17.9 Å². The van der Waals surface area contributed by atoms with Gasteiger partial charge >= 0.3 is 6.03 Å². The fraction of sp³-hybridized carbons (Fsp3) is 0.471. The fourth-order valence-corrected chi connectivity index (χ4v) is 3.30. The lowest BCUT2D eigenvalue weighted by atomic mass is 9.95. The summed E-state index contributed by atoms with van der Waals surface area (Å²) in [6.07, 6.45) is 4.00. The summed E-state index contributed by atoms with van der Waals surface area (Å²) >= 11 is 0. The van der Waals surface area contributed by atoms with Gasteiger partial charge in [0.15, 0.2) is 0 Å². The Morgan fingerprint density at radius 1 is 1.42 bits per heavy atom. The molecule has 0 unspecified atom stereocenters. The van der Waals surface area contributed by atoms with E-state index in [0.29, 0.717) is 19.5 Å². The van der Waals surface area contributed by atoms with E-state index in [1.54, 1.807) is 4.90 Å². The van der Waals surface area contributed by atoms with Gasteiger partial charge in [-0.15, -0.1) is 0 Å². The molecule has 0 aliphatic carbocycles. The Labute approximate surface area is 140 Å². The first-order valence-corrected chi connectivity index (χ1v) is 8.36. The number of carbonyl (C=O) groups excluding carboxylic acids is 2. The van der Waals surface area contributed by atoms with Crippen LogP contribution in [0, 0.1) is 5.92 Å². The summed E-state index contributed by atoms with van der Waals surface area (Å²) in [6.45, 7) is 4.09. The van der Waals surface area contributed by atoms with E-state index >= 15 is 0 Å². The maximum atomic E-state index is 12.5. The molecule has 0 spiro atoms. The van der Waals surface area contributed by atoms with Crippen LogP contribution in [0.4, 0.5) is 10.5 Å². The van der Waals surface area contributed by atoms with Gasteiger partial charge in [-0.2, -0.15) is 5.10 Å². The Morgan fingerprint density at radius 2 is 2.25 bits per heavy atom. The average molecular weight is 329 g/mol. The smallest absolute Gasteiger partial charge is 0.321 e. The molecule has 7 nitrogen and oxygen atoms in total. The molecule has 1 atom stereocenters. The molecule has 0 radical (unpaired) electrons. The van der Waals surface area contributed by atoms with E-state index in [0.717, 1.165) is 36.0 Å². The molecule has 7 heteroatoms. The van der Waals surface area contributed by atoms with Crippen molar-refractivity contribution in [2.75, 3.05) is 18.4 Å². The first-order valence-electron chi connectivity index (χ1n) is 8.36. The molecule has 128 valence electrons. The van der Waals surface area contributed by atoms with Crippen molar-refractivity contribution in [3.8, 4) is 0 Å². The van der Waals surface area contributed by atoms with Crippen LogP contribution in [0.3, 0.4) is 0 Å². The summed E-state index contributed by atoms with van der Waals surface area (Å²) < 4.78 is 1.90. The number of hydrogen-bond donors (Lipinski definition) is 2. The molecular weight excluding hydrogens is 306 g/mol. The molecule has 1 aromatic heterocycles. The van der Waals surface area contributed by atoms with E-state index < -0.39 is 0 Å². The van der Waals surface area contributed by atoms with Crippen molar-refractivity contribution in [2.45, 2.75) is 32.7 Å². The molecule has 1 saturated heterocycles. The zero-order chi connectivity index (χ0) is 17.1. The number of piperidine rings is 1. The van der Waals surface area contributed by atoms with Crippen LogP contribution in [0.25, 0.3) is 10.9 Å². The number of hydrogen-bond acceptors (Lipinski definition) is 3. The van der Waals surface area contributed by atoms with Crippen LogP contribution < -0.4 is 11.1 Å². The van der Waals surface area contributed by atoms with E-state index in [9.17, 15) is 9.59 Å². The normalized spacial score (nSPS) is 17.9. The SMILES string of the molecule is CCn1ncc2ccc(NC(=O)N3CCC[C@@H](CC(N)=O)C3)cc21. The van der Waals surface area contributed by atoms with E-state index in [1.807, 2.05) is 36.0 Å². The molecule has 3 N–H and O–H groups in total. The van der Waals surface area contributed by atoms with Gasteiger partial charge in [-0.1, -0.05) is 0 Å². The Hall–Kier alpha value is -2.57. The second kappa shape index (κ2) is 6.90. The van der Waals surface area contributed by atoms with Crippen LogP contribution in [0.15, 0.2) is 24.4 Å². The second-order valence-electron chi connectivity index (χ2n) is 6.29. The van der Waals surface area contributed by atoms with Crippen molar-refractivity contribution in [1.82, 2.24) is 14.7 Å². The number of primary amides is 1. The van der Waals surface area contributed by atoms with Crippen molar-refractivity contribution >= 4 is 28.5 Å². The number of aryl methyl sites for hydroxylation is 1. The minimum Gasteiger partial charge on any atom is -0.370 e. The molecule has 0 bridgehead atoms. The van der Waals surface area contributed by atoms with E-state index in [2.05, 4.69) is 10.4 Å². The van der Waals surface area contributed by atoms with Crippen LogP contribution >= 0.6 is 0 Å². The summed E-state index contributed by atoms with van der Waals surface area (Å²) in [4.78, 5) is 25.4. The molecule has 1 aliphatic heterocycles. The minimum atomic E-state index is -0.305. The van der Waals surface area contributed by atoms with Crippen LogP contribution in [0.5, 0.6) is 0 Å². The van der Waals surface area contributed by atoms with Gasteiger partial charge in [0.25, 0.3) is 0 Å². The molecule has 24 heavy (non-hydrogen) atoms. The Balaban J connectivity index is 1.68. The molecule has 0 saturated carbocycles. The number of nitrogens with one attached hydrogen (secondary N) is 1. The predicted molar refractivity (Wildman–Crippen MR) is 92.5 cm³/mol. The lowest BCUT2D eigenvalue weighted by molar-refractivity contribution is -0.119. The van der Waals surface area contributed by atoms with Gasteiger partial charge in [0, 0.05) is 37.1 Å². The Bertz CT molecular complexity index is 755. The first-order chi connectivity index (χ1) is 11.6. The Kier molecular flexibility index (Phi) is 4.69. The lowest BCUT2D eigenvalue weighted by Crippen LogP contribution is -2.43. The standard InChI is InChI=1S/C17H23N5O2/c1-2-22-15-9-14(6-5-13(15)10-19-22)20-17(24)21-7-3-4-12(11-21)8-16(18)23/h5-6,9-10,12H,2-4,7-8,11H2,1H3,(H2,18,23)(H,20,24)/t12-/m0/s1. The predicted octanol–water partition coefficient (Wildman–Crippen LogP) is 2.18. The first kappa shape index (κ1) is 16.3. The maximum Gasteiger partial charge on any atom is 0.321 e. The molecule has 2 aromatic rings. The zero-order valence-corrected chi connectivity index (χ0v) is 13.9. The quantitative estimate of drug-likeness (QED) is 0.900. The Morgan fingerprint density at radius 3 is 3.00 bits per heavy atom. The van der Waals surface area contributed by atoms with Gasteiger partial charge < -0.3 is 16.0 Å². The van der Waals surface area contributed by atoms with Gasteiger partial charge in [0.05, 0.1) is 11.7 Å². The summed E-state index contributed by atoms with van der Waals surface area (Å²) in [6, 6.07) is 5.64. The third kappa shape index (κ3) is 3.50. The number of likely N-dealkylation sites (tertiary alicyclic amines) is 1. The number of amides is 3. The number of aromatic nitrogens is 2. The topological polar surface area (TPSA) is 93.2 Å². The highest BCUT2D eigenvalue weighted by Crippen LogP contribution is 2.22. The third-order valence-corrected chi connectivity index (χ3v) is 4.49. The molecule has 1 aromatic carbocycles. The maximum absolute atomic E-state index is 12.5. The van der Waals surface area contributed by atoms with Gasteiger partial charge in [-0.25, -0.2) is 4.79 Å². The van der Waals surface area contributed by atoms with Crippen molar-refractivity contribution in [1.29, 1.82) is 0 Å². The summed E-state index contributed by atoms with van der Waals surface area (Å²) in [7, 11) is 0. The number of carbonyl (C=O) groups is 2. The minimum absolute atomic E-state index is 0.133. The van der Waals surface area contributed by atoms with Gasteiger partial charge in [0.2, 0.25) is 5.91 Å². The highest BCUT2D eigenvalue weighted by molar-refractivity contribution is 5.92. The molecule has 3 rings (SSSR count). The van der Waals surface area contributed by atoms with Crippen LogP contribution in [0.1, 0.15) is 26.2 Å². The number of urea groups is 1. The molecule has 2 heterocycles. The average Bonchev–Trinajstić information content (AvgIpc) is 2.96. The van der Waals surface area contributed by atoms with Gasteiger partial charge in [-0.3, -0.25) is 9.48 Å². The number of benzene rings is 1. The molecule has 3 amide bonds. The van der Waals surface area contributed by atoms with E-state index in [1.165, 1.54) is 0 Å². The summed E-state index contributed by atoms with van der Waals surface area (Å²) in [5, 5.41) is 8.31. The summed E-state index contributed by atoms with van der Waals surface area (Å²) in [5.74, 6) is -0.147. The van der Waals surface area contributed by atoms with Gasteiger partial charge in [0.1, 0.15) is 0 Å². The lowest BCUT2D eigenvalue weighted by Gasteiger charge is -2.32. The van der Waals surface area contributed by atoms with Crippen molar-refractivity contribution in [3.05, 3.63) is 24.4 Å². The van der Waals surface area contributed by atoms with Crippen LogP contribution in [0.2, 0.25) is 0 Å². The molecular formula is C17H23N5O2. The van der Waals surface area contributed by atoms with Gasteiger partial charge in [-0.05, 0) is 43.9 Å². The van der Waals surface area contributed by atoms with Crippen LogP contribution in [-0.4, -0.2) is 39.7 Å². The zero-order valence-electron chi connectivity index (χ0n) is 13.9. The van der Waals surface area contributed by atoms with E-state index in [4.69, 9.17) is 5.73 Å². The highest BCUT2D eigenvalue weighted by atomic mass is 16.2. The number of rotatable bonds is 4. The number of anilines is 1. The molecule has 1 fully saturated rings. The van der Waals surface area contributed by atoms with Crippen LogP contribution in [-0.2, 0) is 11.3 Å². The van der Waals surface area contributed by atoms with Crippen molar-refractivity contribution in [3.63, 3.8) is 0 Å².